The van der Waals surface area contributed by atoms with Gasteiger partial charge < -0.3 is 0 Å². The number of hydrogen-bond acceptors (Lipinski definition) is 3. The first-order valence-corrected chi connectivity index (χ1v) is 5.38. The zero-order chi connectivity index (χ0) is 9.97. The average Bonchev–Trinajstić information content (AvgIpc) is 2.23. The van der Waals surface area contributed by atoms with Crippen LogP contribution in [0.2, 0.25) is 0 Å². The Labute approximate surface area is 86.9 Å². The van der Waals surface area contributed by atoms with Gasteiger partial charge >= 0.3 is 0 Å². The first kappa shape index (κ1) is 9.29. The zero-order valence-electron chi connectivity index (χ0n) is 7.56. The quantitative estimate of drug-likeness (QED) is 0.658. The van der Waals surface area contributed by atoms with Crippen LogP contribution in [0.25, 0.3) is 0 Å². The molecule has 0 amide bonds. The van der Waals surface area contributed by atoms with E-state index in [1.165, 1.54) is 0 Å². The van der Waals surface area contributed by atoms with Crippen molar-refractivity contribution < 1.29 is 4.79 Å². The van der Waals surface area contributed by atoms with Crippen molar-refractivity contribution in [2.45, 2.75) is 18.1 Å². The lowest BCUT2D eigenvalue weighted by molar-refractivity contribution is 0.0979. The number of carbonyl (C=O) groups is 1. The van der Waals surface area contributed by atoms with Gasteiger partial charge in [0.05, 0.1) is 5.25 Å². The lowest BCUT2D eigenvalue weighted by Crippen LogP contribution is -2.24. The van der Waals surface area contributed by atoms with E-state index in [0.717, 1.165) is 35.7 Å². The van der Waals surface area contributed by atoms with E-state index in [9.17, 15) is 4.79 Å². The lowest BCUT2D eigenvalue weighted by atomic mass is 9.90. The molecule has 0 spiro atoms. The van der Waals surface area contributed by atoms with E-state index in [1.54, 1.807) is 0 Å². The number of ketones is 1. The normalized spacial score (nSPS) is 19.9. The maximum Gasteiger partial charge on any atom is 0.177 e. The highest BCUT2D eigenvalue weighted by Gasteiger charge is 2.27. The maximum atomic E-state index is 11.8. The number of hydrogen-bond donors (Lipinski definition) is 0. The molecule has 3 heteroatoms. The summed E-state index contributed by atoms with van der Waals surface area (Å²) in [7, 11) is 0. The number of fused-ring (bicyclic) bond motifs is 1. The number of rotatable bonds is 1. The molecule has 14 heavy (non-hydrogen) atoms. The third-order valence-electron chi connectivity index (χ3n) is 2.45. The fourth-order valence-electron chi connectivity index (χ4n) is 1.75. The Bertz CT molecular complexity index is 408. The number of nitrogens with zero attached hydrogens (tertiary/aromatic N) is 1. The highest BCUT2D eigenvalue weighted by Crippen LogP contribution is 2.28. The Morgan fingerprint density at radius 1 is 1.43 bits per heavy atom. The molecule has 0 saturated carbocycles. The van der Waals surface area contributed by atoms with E-state index in [-0.39, 0.29) is 11.0 Å². The van der Waals surface area contributed by atoms with Gasteiger partial charge in [-0.2, -0.15) is 5.26 Å². The monoisotopic (exact) mass is 203 g/mol. The average molecular weight is 203 g/mol. The Kier molecular flexibility index (Phi) is 2.55. The molecular formula is C11H9NOS. The van der Waals surface area contributed by atoms with E-state index in [2.05, 4.69) is 0 Å². The summed E-state index contributed by atoms with van der Waals surface area (Å²) in [6.07, 6.45) is 1.69. The van der Waals surface area contributed by atoms with Gasteiger partial charge in [0, 0.05) is 5.56 Å². The number of benzene rings is 1. The van der Waals surface area contributed by atoms with Crippen LogP contribution >= 0.6 is 11.8 Å². The van der Waals surface area contributed by atoms with Crippen LogP contribution in [0.15, 0.2) is 24.3 Å². The molecular weight excluding hydrogens is 194 g/mol. The Hall–Kier alpha value is -1.27. The smallest absolute Gasteiger partial charge is 0.177 e. The summed E-state index contributed by atoms with van der Waals surface area (Å²) >= 11 is 1.08. The molecule has 0 heterocycles. The number of nitriles is 1. The summed E-state index contributed by atoms with van der Waals surface area (Å²) in [5.41, 5.74) is 1.92. The third-order valence-corrected chi connectivity index (χ3v) is 3.29. The molecule has 0 N–H and O–H groups in total. The number of thioether (sulfide) groups is 1. The van der Waals surface area contributed by atoms with Gasteiger partial charge in [-0.3, -0.25) is 4.79 Å². The fourth-order valence-corrected chi connectivity index (χ4v) is 2.34. The Morgan fingerprint density at radius 2 is 2.21 bits per heavy atom. The topological polar surface area (TPSA) is 40.9 Å². The first-order chi connectivity index (χ1) is 6.83. The van der Waals surface area contributed by atoms with Crippen molar-refractivity contribution in [2.24, 2.45) is 0 Å². The molecule has 2 rings (SSSR count). The van der Waals surface area contributed by atoms with Gasteiger partial charge in [-0.1, -0.05) is 24.3 Å². The van der Waals surface area contributed by atoms with Crippen molar-refractivity contribution in [3.05, 3.63) is 35.4 Å². The van der Waals surface area contributed by atoms with Crippen LogP contribution in [0, 0.1) is 10.7 Å². The molecule has 70 valence electrons. The van der Waals surface area contributed by atoms with Gasteiger partial charge in [0.2, 0.25) is 0 Å². The summed E-state index contributed by atoms with van der Waals surface area (Å²) < 4.78 is 0. The standard InChI is InChI=1S/C11H9NOS/c12-7-14-10-6-5-8-3-1-2-4-9(8)11(10)13/h1-4,10H,5-6H2. The van der Waals surface area contributed by atoms with Gasteiger partial charge in [0.15, 0.2) is 5.78 Å². The van der Waals surface area contributed by atoms with Crippen LogP contribution in [-0.2, 0) is 6.42 Å². The second kappa shape index (κ2) is 3.85. The molecule has 0 bridgehead atoms. The molecule has 1 aromatic carbocycles. The van der Waals surface area contributed by atoms with Gasteiger partial charge in [-0.15, -0.1) is 0 Å². The van der Waals surface area contributed by atoms with Crippen LogP contribution in [0.1, 0.15) is 22.3 Å². The van der Waals surface area contributed by atoms with Crippen molar-refractivity contribution in [2.75, 3.05) is 0 Å². The number of thiocyanates is 1. The largest absolute Gasteiger partial charge is 0.293 e. The fraction of sp³-hybridized carbons (Fsp3) is 0.273. The molecule has 1 atom stereocenters. The van der Waals surface area contributed by atoms with Crippen LogP contribution < -0.4 is 0 Å². The van der Waals surface area contributed by atoms with Gasteiger partial charge in [0.25, 0.3) is 0 Å². The molecule has 0 saturated heterocycles. The van der Waals surface area contributed by atoms with E-state index in [1.807, 2.05) is 29.7 Å². The lowest BCUT2D eigenvalue weighted by Gasteiger charge is -2.20. The molecule has 0 radical (unpaired) electrons. The predicted octanol–water partition coefficient (Wildman–Crippen LogP) is 2.40. The molecule has 0 fully saturated rings. The molecule has 0 aromatic heterocycles. The molecule has 1 unspecified atom stereocenters. The van der Waals surface area contributed by atoms with Crippen molar-refractivity contribution in [1.82, 2.24) is 0 Å². The molecule has 1 aliphatic carbocycles. The van der Waals surface area contributed by atoms with Crippen molar-refractivity contribution in [3.8, 4) is 5.40 Å². The minimum Gasteiger partial charge on any atom is -0.293 e. The van der Waals surface area contributed by atoms with Crippen LogP contribution in [-0.4, -0.2) is 11.0 Å². The predicted molar refractivity (Wildman–Crippen MR) is 56.1 cm³/mol. The summed E-state index contributed by atoms with van der Waals surface area (Å²) in [6.45, 7) is 0. The van der Waals surface area contributed by atoms with Gasteiger partial charge in [-0.25, -0.2) is 0 Å². The van der Waals surface area contributed by atoms with E-state index in [0.29, 0.717) is 0 Å². The number of aryl methyl sites for hydroxylation is 1. The van der Waals surface area contributed by atoms with Crippen LogP contribution in [0.4, 0.5) is 0 Å². The van der Waals surface area contributed by atoms with Gasteiger partial charge in [0.1, 0.15) is 5.40 Å². The summed E-state index contributed by atoms with van der Waals surface area (Å²) in [5.74, 6) is 0.110. The highest BCUT2D eigenvalue weighted by molar-refractivity contribution is 8.05. The second-order valence-electron chi connectivity index (χ2n) is 3.26. The van der Waals surface area contributed by atoms with E-state index < -0.39 is 0 Å². The Morgan fingerprint density at radius 3 is 3.00 bits per heavy atom. The maximum absolute atomic E-state index is 11.8. The SMILES string of the molecule is N#CSC1CCc2ccccc2C1=O. The van der Waals surface area contributed by atoms with E-state index >= 15 is 0 Å². The van der Waals surface area contributed by atoms with Gasteiger partial charge in [-0.05, 0) is 30.2 Å². The van der Waals surface area contributed by atoms with E-state index in [4.69, 9.17) is 5.26 Å². The molecule has 0 aliphatic heterocycles. The van der Waals surface area contributed by atoms with Crippen molar-refractivity contribution in [3.63, 3.8) is 0 Å². The van der Waals surface area contributed by atoms with Crippen molar-refractivity contribution in [1.29, 1.82) is 5.26 Å². The minimum absolute atomic E-state index is 0.110. The molecule has 1 aliphatic rings. The number of Topliss-reactive ketones (excluding diaryl/α,β-unsaturated/α-hetero) is 1. The van der Waals surface area contributed by atoms with Crippen LogP contribution in [0.5, 0.6) is 0 Å². The number of carbonyl (C=O) groups excluding carboxylic acids is 1. The first-order valence-electron chi connectivity index (χ1n) is 4.50. The third kappa shape index (κ3) is 1.53. The second-order valence-corrected chi connectivity index (χ2v) is 4.25. The van der Waals surface area contributed by atoms with Crippen molar-refractivity contribution >= 4 is 17.5 Å². The molecule has 2 nitrogen and oxygen atoms in total. The highest BCUT2D eigenvalue weighted by atomic mass is 32.2. The van der Waals surface area contributed by atoms with Crippen LogP contribution in [0.3, 0.4) is 0 Å². The summed E-state index contributed by atoms with van der Waals surface area (Å²) in [6, 6.07) is 7.66. The Balaban J connectivity index is 2.33. The minimum atomic E-state index is -0.157. The summed E-state index contributed by atoms with van der Waals surface area (Å²) in [4.78, 5) is 11.8. The molecule has 1 aromatic rings. The zero-order valence-corrected chi connectivity index (χ0v) is 8.38. The summed E-state index contributed by atoms with van der Waals surface area (Å²) in [5, 5.41) is 10.4.